The van der Waals surface area contributed by atoms with E-state index in [9.17, 15) is 0 Å². The Balaban J connectivity index is 2.03. The van der Waals surface area contributed by atoms with Gasteiger partial charge in [0.15, 0.2) is 0 Å². The van der Waals surface area contributed by atoms with E-state index in [0.717, 1.165) is 29.2 Å². The first kappa shape index (κ1) is 14.7. The predicted molar refractivity (Wildman–Crippen MR) is 86.2 cm³/mol. The van der Waals surface area contributed by atoms with E-state index in [1.807, 2.05) is 19.1 Å². The molecule has 0 saturated carbocycles. The second-order valence-corrected chi connectivity index (χ2v) is 6.48. The van der Waals surface area contributed by atoms with Crippen LogP contribution in [-0.2, 0) is 6.54 Å². The molecule has 21 heavy (non-hydrogen) atoms. The maximum atomic E-state index is 6.35. The van der Waals surface area contributed by atoms with Gasteiger partial charge in [0.25, 0.3) is 0 Å². The van der Waals surface area contributed by atoms with Gasteiger partial charge in [0.05, 0.1) is 23.5 Å². The Bertz CT molecular complexity index is 638. The minimum absolute atomic E-state index is 0.102. The first-order chi connectivity index (χ1) is 10.1. The maximum absolute atomic E-state index is 6.35. The standard InChI is InChI=1S/C16H22ClN3O/c1-11(17)16-18-14-9-13(21-3)6-7-15(14)20(16)10-12-5-4-8-19(12)2/h6-7,9,11-12H,4-5,8,10H2,1-3H3. The van der Waals surface area contributed by atoms with Crippen molar-refractivity contribution in [3.8, 4) is 5.75 Å². The molecule has 1 aliphatic heterocycles. The molecule has 1 fully saturated rings. The lowest BCUT2D eigenvalue weighted by atomic mass is 10.2. The molecule has 0 spiro atoms. The zero-order valence-corrected chi connectivity index (χ0v) is 13.6. The van der Waals surface area contributed by atoms with Crippen LogP contribution in [-0.4, -0.2) is 41.2 Å². The molecule has 2 unspecified atom stereocenters. The molecule has 4 nitrogen and oxygen atoms in total. The zero-order valence-electron chi connectivity index (χ0n) is 12.8. The maximum Gasteiger partial charge on any atom is 0.127 e. The highest BCUT2D eigenvalue weighted by molar-refractivity contribution is 6.20. The molecular formula is C16H22ClN3O. The van der Waals surface area contributed by atoms with Gasteiger partial charge in [0, 0.05) is 18.7 Å². The lowest BCUT2D eigenvalue weighted by Gasteiger charge is -2.22. The Hall–Kier alpha value is -1.26. The zero-order chi connectivity index (χ0) is 15.0. The molecule has 1 aliphatic rings. The monoisotopic (exact) mass is 307 g/mol. The van der Waals surface area contributed by atoms with Crippen LogP contribution < -0.4 is 4.74 Å². The van der Waals surface area contributed by atoms with E-state index in [-0.39, 0.29) is 5.38 Å². The van der Waals surface area contributed by atoms with Crippen LogP contribution in [0.25, 0.3) is 11.0 Å². The molecule has 0 aliphatic carbocycles. The van der Waals surface area contributed by atoms with E-state index in [4.69, 9.17) is 21.3 Å². The number of halogens is 1. The first-order valence-electron chi connectivity index (χ1n) is 7.48. The SMILES string of the molecule is COc1ccc2c(c1)nc(C(C)Cl)n2CC1CCCN1C. The summed E-state index contributed by atoms with van der Waals surface area (Å²) in [6.07, 6.45) is 2.51. The van der Waals surface area contributed by atoms with E-state index in [2.05, 4.69) is 22.6 Å². The molecular weight excluding hydrogens is 286 g/mol. The van der Waals surface area contributed by atoms with Crippen molar-refractivity contribution in [2.45, 2.75) is 37.7 Å². The van der Waals surface area contributed by atoms with Crippen molar-refractivity contribution in [2.24, 2.45) is 0 Å². The van der Waals surface area contributed by atoms with Gasteiger partial charge in [-0.2, -0.15) is 0 Å². The van der Waals surface area contributed by atoms with Crippen LogP contribution in [0.5, 0.6) is 5.75 Å². The first-order valence-corrected chi connectivity index (χ1v) is 7.92. The van der Waals surface area contributed by atoms with Gasteiger partial charge in [0.1, 0.15) is 11.6 Å². The molecule has 1 saturated heterocycles. The molecule has 0 N–H and O–H groups in total. The number of alkyl halides is 1. The number of ether oxygens (including phenoxy) is 1. The van der Waals surface area contributed by atoms with Gasteiger partial charge in [0.2, 0.25) is 0 Å². The highest BCUT2D eigenvalue weighted by atomic mass is 35.5. The Morgan fingerprint density at radius 3 is 2.90 bits per heavy atom. The number of imidazole rings is 1. The van der Waals surface area contributed by atoms with Crippen molar-refractivity contribution >= 4 is 22.6 Å². The van der Waals surface area contributed by atoms with E-state index in [0.29, 0.717) is 6.04 Å². The topological polar surface area (TPSA) is 30.3 Å². The van der Waals surface area contributed by atoms with Crippen LogP contribution in [0.4, 0.5) is 0 Å². The van der Waals surface area contributed by atoms with Crippen LogP contribution in [0.2, 0.25) is 0 Å². The molecule has 1 aromatic carbocycles. The molecule has 2 atom stereocenters. The van der Waals surface area contributed by atoms with Gasteiger partial charge >= 0.3 is 0 Å². The van der Waals surface area contributed by atoms with Crippen molar-refractivity contribution in [1.29, 1.82) is 0 Å². The third-order valence-corrected chi connectivity index (χ3v) is 4.60. The van der Waals surface area contributed by atoms with Gasteiger partial charge in [-0.15, -0.1) is 11.6 Å². The van der Waals surface area contributed by atoms with Gasteiger partial charge in [-0.25, -0.2) is 4.98 Å². The fourth-order valence-corrected chi connectivity index (χ4v) is 3.34. The van der Waals surface area contributed by atoms with Crippen LogP contribution in [0.15, 0.2) is 18.2 Å². The van der Waals surface area contributed by atoms with Gasteiger partial charge in [-0.3, -0.25) is 0 Å². The van der Waals surface area contributed by atoms with Gasteiger partial charge in [-0.1, -0.05) is 0 Å². The normalized spacial score (nSPS) is 21.0. The number of fused-ring (bicyclic) bond motifs is 1. The summed E-state index contributed by atoms with van der Waals surface area (Å²) < 4.78 is 7.57. The number of nitrogens with zero attached hydrogens (tertiary/aromatic N) is 3. The van der Waals surface area contributed by atoms with E-state index >= 15 is 0 Å². The molecule has 114 valence electrons. The summed E-state index contributed by atoms with van der Waals surface area (Å²) >= 11 is 6.35. The molecule has 0 radical (unpaired) electrons. The fraction of sp³-hybridized carbons (Fsp3) is 0.562. The van der Waals surface area contributed by atoms with Crippen molar-refractivity contribution in [2.75, 3.05) is 20.7 Å². The Morgan fingerprint density at radius 1 is 1.48 bits per heavy atom. The molecule has 2 aromatic rings. The van der Waals surface area contributed by atoms with E-state index in [1.54, 1.807) is 7.11 Å². The number of rotatable bonds is 4. The molecule has 3 rings (SSSR count). The summed E-state index contributed by atoms with van der Waals surface area (Å²) in [5.41, 5.74) is 2.09. The summed E-state index contributed by atoms with van der Waals surface area (Å²) in [4.78, 5) is 7.15. The van der Waals surface area contributed by atoms with Crippen LogP contribution in [0.3, 0.4) is 0 Å². The summed E-state index contributed by atoms with van der Waals surface area (Å²) in [5.74, 6) is 1.78. The summed E-state index contributed by atoms with van der Waals surface area (Å²) in [6.45, 7) is 4.11. The van der Waals surface area contributed by atoms with Crippen molar-refractivity contribution in [1.82, 2.24) is 14.5 Å². The minimum Gasteiger partial charge on any atom is -0.497 e. The highest BCUT2D eigenvalue weighted by Crippen LogP contribution is 2.29. The third kappa shape index (κ3) is 2.74. The third-order valence-electron chi connectivity index (χ3n) is 4.41. The summed E-state index contributed by atoms with van der Waals surface area (Å²) in [7, 11) is 3.88. The molecule has 0 amide bonds. The fourth-order valence-electron chi connectivity index (χ4n) is 3.17. The van der Waals surface area contributed by atoms with Crippen LogP contribution in [0.1, 0.15) is 31.0 Å². The van der Waals surface area contributed by atoms with Crippen molar-refractivity contribution < 1.29 is 4.74 Å². The summed E-state index contributed by atoms with van der Waals surface area (Å²) in [5, 5.41) is -0.102. The minimum atomic E-state index is -0.102. The van der Waals surface area contributed by atoms with Crippen molar-refractivity contribution in [3.63, 3.8) is 0 Å². The Labute approximate surface area is 130 Å². The number of likely N-dealkylation sites (N-methyl/N-ethyl adjacent to an activating group) is 1. The largest absolute Gasteiger partial charge is 0.497 e. The van der Waals surface area contributed by atoms with Crippen molar-refractivity contribution in [3.05, 3.63) is 24.0 Å². The second-order valence-electron chi connectivity index (χ2n) is 5.83. The molecule has 2 heterocycles. The average Bonchev–Trinajstić information content (AvgIpc) is 3.03. The predicted octanol–water partition coefficient (Wildman–Crippen LogP) is 3.44. The van der Waals surface area contributed by atoms with E-state index < -0.39 is 0 Å². The van der Waals surface area contributed by atoms with Gasteiger partial charge < -0.3 is 14.2 Å². The number of methoxy groups -OCH3 is 1. The average molecular weight is 308 g/mol. The van der Waals surface area contributed by atoms with Gasteiger partial charge in [-0.05, 0) is 45.5 Å². The Kier molecular flexibility index (Phi) is 4.09. The lowest BCUT2D eigenvalue weighted by Crippen LogP contribution is -2.29. The second kappa shape index (κ2) is 5.85. The number of benzene rings is 1. The molecule has 0 bridgehead atoms. The highest BCUT2D eigenvalue weighted by Gasteiger charge is 2.24. The number of hydrogen-bond donors (Lipinski definition) is 0. The van der Waals surface area contributed by atoms with Crippen LogP contribution in [0, 0.1) is 0 Å². The quantitative estimate of drug-likeness (QED) is 0.811. The number of aromatic nitrogens is 2. The summed E-state index contributed by atoms with van der Waals surface area (Å²) in [6, 6.07) is 6.62. The Morgan fingerprint density at radius 2 is 2.29 bits per heavy atom. The smallest absolute Gasteiger partial charge is 0.127 e. The molecule has 5 heteroatoms. The lowest BCUT2D eigenvalue weighted by molar-refractivity contribution is 0.282. The number of hydrogen-bond acceptors (Lipinski definition) is 3. The number of likely N-dealkylation sites (tertiary alicyclic amines) is 1. The van der Waals surface area contributed by atoms with E-state index in [1.165, 1.54) is 19.4 Å². The van der Waals surface area contributed by atoms with Crippen LogP contribution >= 0.6 is 11.6 Å². The molecule has 1 aromatic heterocycles.